The van der Waals surface area contributed by atoms with Crippen LogP contribution in [0, 0.1) is 0 Å². The van der Waals surface area contributed by atoms with Crippen LogP contribution >= 0.6 is 0 Å². The number of rotatable bonds is 7. The van der Waals surface area contributed by atoms with Crippen molar-refractivity contribution in [3.63, 3.8) is 0 Å². The summed E-state index contributed by atoms with van der Waals surface area (Å²) in [6.45, 7) is 4.16. The number of hydrogen-bond donors (Lipinski definition) is 1. The Balaban J connectivity index is 2.44. The zero-order valence-corrected chi connectivity index (χ0v) is 11.6. The number of benzene rings is 1. The number of aryl methyl sites for hydroxylation is 1. The van der Waals surface area contributed by atoms with Gasteiger partial charge < -0.3 is 10.1 Å². The van der Waals surface area contributed by atoms with E-state index in [0.29, 0.717) is 5.69 Å². The van der Waals surface area contributed by atoms with E-state index in [0.717, 1.165) is 19.3 Å². The lowest BCUT2D eigenvalue weighted by Crippen LogP contribution is -2.18. The molecular weight excluding hydrogens is 242 g/mol. The highest BCUT2D eigenvalue weighted by Gasteiger charge is 2.10. The summed E-state index contributed by atoms with van der Waals surface area (Å²) < 4.78 is 4.71. The van der Waals surface area contributed by atoms with Crippen molar-refractivity contribution in [1.82, 2.24) is 0 Å². The monoisotopic (exact) mass is 263 g/mol. The lowest BCUT2D eigenvalue weighted by Gasteiger charge is -2.06. The number of carbonyl (C=O) groups excluding carboxylic acids is 2. The molecule has 1 amide bonds. The molecule has 4 heteroatoms. The van der Waals surface area contributed by atoms with Gasteiger partial charge in [0, 0.05) is 5.69 Å². The van der Waals surface area contributed by atoms with Crippen LogP contribution in [0.1, 0.15) is 38.7 Å². The van der Waals surface area contributed by atoms with Crippen LogP contribution in [0.25, 0.3) is 0 Å². The zero-order valence-electron chi connectivity index (χ0n) is 11.6. The standard InChI is InChI=1S/C15H21NO3/c1-3-5-6-12-7-9-13(10-8-12)16-14(17)11-15(18)19-4-2/h7-10H,3-6,11H2,1-2H3,(H,16,17). The van der Waals surface area contributed by atoms with Crippen molar-refractivity contribution in [1.29, 1.82) is 0 Å². The van der Waals surface area contributed by atoms with Crippen molar-refractivity contribution in [3.8, 4) is 0 Å². The predicted molar refractivity (Wildman–Crippen MR) is 74.9 cm³/mol. The smallest absolute Gasteiger partial charge is 0.315 e. The molecule has 0 unspecified atom stereocenters. The maximum atomic E-state index is 11.5. The molecule has 0 aliphatic heterocycles. The summed E-state index contributed by atoms with van der Waals surface area (Å²) in [5.41, 5.74) is 1.96. The van der Waals surface area contributed by atoms with E-state index in [2.05, 4.69) is 12.2 Å². The van der Waals surface area contributed by atoms with E-state index in [9.17, 15) is 9.59 Å². The lowest BCUT2D eigenvalue weighted by atomic mass is 10.1. The molecule has 0 heterocycles. The summed E-state index contributed by atoms with van der Waals surface area (Å²) in [5, 5.41) is 2.67. The Hall–Kier alpha value is -1.84. The molecular formula is C15H21NO3. The van der Waals surface area contributed by atoms with Crippen LogP contribution in [0.4, 0.5) is 5.69 Å². The first-order valence-electron chi connectivity index (χ1n) is 6.70. The molecule has 0 fully saturated rings. The van der Waals surface area contributed by atoms with E-state index < -0.39 is 5.97 Å². The van der Waals surface area contributed by atoms with Crippen LogP contribution in [0.5, 0.6) is 0 Å². The van der Waals surface area contributed by atoms with Crippen molar-refractivity contribution < 1.29 is 14.3 Å². The van der Waals surface area contributed by atoms with E-state index in [1.165, 1.54) is 5.56 Å². The van der Waals surface area contributed by atoms with Gasteiger partial charge in [0.15, 0.2) is 0 Å². The first kappa shape index (κ1) is 15.2. The van der Waals surface area contributed by atoms with Crippen LogP contribution in [0.15, 0.2) is 24.3 Å². The second-order valence-corrected chi connectivity index (χ2v) is 4.33. The van der Waals surface area contributed by atoms with Crippen LogP contribution in [-0.4, -0.2) is 18.5 Å². The molecule has 0 spiro atoms. The van der Waals surface area contributed by atoms with Crippen molar-refractivity contribution >= 4 is 17.6 Å². The quantitative estimate of drug-likeness (QED) is 0.608. The third kappa shape index (κ3) is 6.04. The Morgan fingerprint density at radius 2 is 1.84 bits per heavy atom. The summed E-state index contributed by atoms with van der Waals surface area (Å²) >= 11 is 0. The number of ether oxygens (including phenoxy) is 1. The molecule has 1 N–H and O–H groups in total. The molecule has 0 bridgehead atoms. The molecule has 4 nitrogen and oxygen atoms in total. The minimum absolute atomic E-state index is 0.245. The van der Waals surface area contributed by atoms with Gasteiger partial charge in [-0.1, -0.05) is 25.5 Å². The highest BCUT2D eigenvalue weighted by atomic mass is 16.5. The fourth-order valence-corrected chi connectivity index (χ4v) is 1.68. The van der Waals surface area contributed by atoms with Gasteiger partial charge in [-0.15, -0.1) is 0 Å². The van der Waals surface area contributed by atoms with Gasteiger partial charge in [-0.25, -0.2) is 0 Å². The van der Waals surface area contributed by atoms with Crippen molar-refractivity contribution in [2.75, 3.05) is 11.9 Å². The second kappa shape index (κ2) is 8.29. The van der Waals surface area contributed by atoms with Crippen LogP contribution < -0.4 is 5.32 Å². The third-order valence-corrected chi connectivity index (χ3v) is 2.67. The van der Waals surface area contributed by atoms with E-state index >= 15 is 0 Å². The van der Waals surface area contributed by atoms with Crippen molar-refractivity contribution in [2.45, 2.75) is 39.5 Å². The molecule has 0 atom stereocenters. The molecule has 1 aromatic rings. The minimum atomic E-state index is -0.500. The summed E-state index contributed by atoms with van der Waals surface area (Å²) in [5.74, 6) is -0.848. The molecule has 0 saturated carbocycles. The van der Waals surface area contributed by atoms with Crippen LogP contribution in [0.2, 0.25) is 0 Å². The van der Waals surface area contributed by atoms with Crippen LogP contribution in [0.3, 0.4) is 0 Å². The van der Waals surface area contributed by atoms with Gasteiger partial charge in [0.2, 0.25) is 5.91 Å². The zero-order chi connectivity index (χ0) is 14.1. The van der Waals surface area contributed by atoms with E-state index in [-0.39, 0.29) is 18.9 Å². The van der Waals surface area contributed by atoms with Gasteiger partial charge in [0.1, 0.15) is 6.42 Å². The molecule has 19 heavy (non-hydrogen) atoms. The van der Waals surface area contributed by atoms with E-state index in [4.69, 9.17) is 4.74 Å². The molecule has 0 aliphatic carbocycles. The number of hydrogen-bond acceptors (Lipinski definition) is 3. The van der Waals surface area contributed by atoms with Gasteiger partial charge in [-0.3, -0.25) is 9.59 Å². The topological polar surface area (TPSA) is 55.4 Å². The highest BCUT2D eigenvalue weighted by molar-refractivity contribution is 6.01. The molecule has 0 aromatic heterocycles. The van der Waals surface area contributed by atoms with Gasteiger partial charge in [0.25, 0.3) is 0 Å². The average Bonchev–Trinajstić information content (AvgIpc) is 2.38. The van der Waals surface area contributed by atoms with Gasteiger partial charge in [0.05, 0.1) is 6.61 Å². The maximum absolute atomic E-state index is 11.5. The summed E-state index contributed by atoms with van der Waals surface area (Å²) in [7, 11) is 0. The number of unbranched alkanes of at least 4 members (excludes halogenated alkanes) is 1. The minimum Gasteiger partial charge on any atom is -0.466 e. The molecule has 0 saturated heterocycles. The van der Waals surface area contributed by atoms with Crippen LogP contribution in [-0.2, 0) is 20.7 Å². The fraction of sp³-hybridized carbons (Fsp3) is 0.467. The Kier molecular flexibility index (Phi) is 6.64. The number of esters is 1. The Labute approximate surface area is 114 Å². The largest absolute Gasteiger partial charge is 0.466 e. The Morgan fingerprint density at radius 1 is 1.16 bits per heavy atom. The maximum Gasteiger partial charge on any atom is 0.315 e. The molecule has 1 rings (SSSR count). The first-order chi connectivity index (χ1) is 9.15. The summed E-state index contributed by atoms with van der Waals surface area (Å²) in [6, 6.07) is 7.70. The fourth-order valence-electron chi connectivity index (χ4n) is 1.68. The van der Waals surface area contributed by atoms with Gasteiger partial charge in [-0.05, 0) is 37.5 Å². The average molecular weight is 263 g/mol. The third-order valence-electron chi connectivity index (χ3n) is 2.67. The molecule has 1 aromatic carbocycles. The molecule has 0 radical (unpaired) electrons. The van der Waals surface area contributed by atoms with Gasteiger partial charge >= 0.3 is 5.97 Å². The van der Waals surface area contributed by atoms with E-state index in [1.807, 2.05) is 24.3 Å². The van der Waals surface area contributed by atoms with Gasteiger partial charge in [-0.2, -0.15) is 0 Å². The SMILES string of the molecule is CCCCc1ccc(NC(=O)CC(=O)OCC)cc1. The lowest BCUT2D eigenvalue weighted by molar-refractivity contribution is -0.145. The number of anilines is 1. The van der Waals surface area contributed by atoms with Crippen molar-refractivity contribution in [2.24, 2.45) is 0 Å². The van der Waals surface area contributed by atoms with Crippen molar-refractivity contribution in [3.05, 3.63) is 29.8 Å². The summed E-state index contributed by atoms with van der Waals surface area (Å²) in [6.07, 6.45) is 3.13. The highest BCUT2D eigenvalue weighted by Crippen LogP contribution is 2.12. The normalized spacial score (nSPS) is 10.0. The Bertz CT molecular complexity index is 412. The molecule has 0 aliphatic rings. The first-order valence-corrected chi connectivity index (χ1v) is 6.70. The second-order valence-electron chi connectivity index (χ2n) is 4.33. The number of carbonyl (C=O) groups is 2. The molecule has 104 valence electrons. The number of amides is 1. The summed E-state index contributed by atoms with van der Waals surface area (Å²) in [4.78, 5) is 22.7. The number of nitrogens with one attached hydrogen (secondary N) is 1. The van der Waals surface area contributed by atoms with E-state index in [1.54, 1.807) is 6.92 Å². The predicted octanol–water partition coefficient (Wildman–Crippen LogP) is 2.92. The Morgan fingerprint density at radius 3 is 2.42 bits per heavy atom.